The number of nitrogens with zero attached hydrogens (tertiary/aromatic N) is 3. The van der Waals surface area contributed by atoms with E-state index in [1.807, 2.05) is 16.7 Å². The topological polar surface area (TPSA) is 88.8 Å². The highest BCUT2D eigenvalue weighted by Crippen LogP contribution is 2.36. The Balaban J connectivity index is 1.99. The molecule has 0 radical (unpaired) electrons. The Morgan fingerprint density at radius 1 is 1.48 bits per heavy atom. The summed E-state index contributed by atoms with van der Waals surface area (Å²) in [5.74, 6) is 0.875. The SMILES string of the molecule is CCCCNc1c(-c2ccc(OC(=O)O)s2)nc2cnccn12. The average molecular weight is 332 g/mol. The van der Waals surface area contributed by atoms with Gasteiger partial charge in [0, 0.05) is 18.9 Å². The highest BCUT2D eigenvalue weighted by Gasteiger charge is 2.16. The summed E-state index contributed by atoms with van der Waals surface area (Å²) < 4.78 is 6.64. The van der Waals surface area contributed by atoms with Gasteiger partial charge in [0.05, 0.1) is 11.1 Å². The quantitative estimate of drug-likeness (QED) is 0.528. The average Bonchev–Trinajstić information content (AvgIpc) is 3.12. The van der Waals surface area contributed by atoms with Crippen LogP contribution in [-0.4, -0.2) is 32.2 Å². The van der Waals surface area contributed by atoms with Crippen LogP contribution in [0.5, 0.6) is 5.06 Å². The first kappa shape index (κ1) is 15.3. The molecule has 8 heteroatoms. The van der Waals surface area contributed by atoms with E-state index in [1.54, 1.807) is 18.5 Å². The van der Waals surface area contributed by atoms with E-state index in [2.05, 4.69) is 22.2 Å². The lowest BCUT2D eigenvalue weighted by Gasteiger charge is -2.06. The molecule has 2 N–H and O–H groups in total. The van der Waals surface area contributed by atoms with Gasteiger partial charge in [0.15, 0.2) is 10.7 Å². The predicted molar refractivity (Wildman–Crippen MR) is 88.4 cm³/mol. The fourth-order valence-electron chi connectivity index (χ4n) is 2.22. The molecular weight excluding hydrogens is 316 g/mol. The number of ether oxygens (including phenoxy) is 1. The van der Waals surface area contributed by atoms with Gasteiger partial charge in [-0.05, 0) is 18.6 Å². The Hall–Kier alpha value is -2.61. The molecule has 0 saturated heterocycles. The number of anilines is 1. The fourth-order valence-corrected chi connectivity index (χ4v) is 3.06. The van der Waals surface area contributed by atoms with E-state index in [1.165, 1.54) is 11.3 Å². The van der Waals surface area contributed by atoms with Crippen molar-refractivity contribution in [1.82, 2.24) is 14.4 Å². The van der Waals surface area contributed by atoms with Crippen LogP contribution in [0.25, 0.3) is 16.2 Å². The molecule has 3 aromatic rings. The van der Waals surface area contributed by atoms with E-state index >= 15 is 0 Å². The maximum atomic E-state index is 10.6. The van der Waals surface area contributed by atoms with Crippen molar-refractivity contribution in [3.05, 3.63) is 30.7 Å². The number of aromatic nitrogens is 3. The predicted octanol–water partition coefficient (Wildman–Crippen LogP) is 3.73. The molecule has 0 amide bonds. The molecule has 0 saturated carbocycles. The van der Waals surface area contributed by atoms with Crippen LogP contribution in [0.4, 0.5) is 10.6 Å². The van der Waals surface area contributed by atoms with Crippen molar-refractivity contribution >= 4 is 29.0 Å². The van der Waals surface area contributed by atoms with Crippen LogP contribution in [0.2, 0.25) is 0 Å². The molecule has 0 bridgehead atoms. The zero-order chi connectivity index (χ0) is 16.2. The minimum Gasteiger partial charge on any atom is -0.449 e. The number of hydrogen-bond acceptors (Lipinski definition) is 6. The fraction of sp³-hybridized carbons (Fsp3) is 0.267. The Morgan fingerprint density at radius 3 is 3.13 bits per heavy atom. The first-order valence-electron chi connectivity index (χ1n) is 7.26. The molecule has 3 aromatic heterocycles. The summed E-state index contributed by atoms with van der Waals surface area (Å²) in [4.78, 5) is 20.2. The van der Waals surface area contributed by atoms with Crippen LogP contribution >= 0.6 is 11.3 Å². The summed E-state index contributed by atoms with van der Waals surface area (Å²) in [6.45, 7) is 2.97. The van der Waals surface area contributed by atoms with Crippen LogP contribution in [0.3, 0.4) is 0 Å². The van der Waals surface area contributed by atoms with E-state index < -0.39 is 6.16 Å². The Labute approximate surface area is 136 Å². The molecule has 120 valence electrons. The van der Waals surface area contributed by atoms with E-state index in [0.717, 1.165) is 41.4 Å². The maximum absolute atomic E-state index is 10.6. The van der Waals surface area contributed by atoms with Crippen molar-refractivity contribution in [3.8, 4) is 15.6 Å². The molecule has 0 aliphatic heterocycles. The van der Waals surface area contributed by atoms with Gasteiger partial charge in [-0.3, -0.25) is 9.38 Å². The number of fused-ring (bicyclic) bond motifs is 1. The van der Waals surface area contributed by atoms with Gasteiger partial charge in [-0.15, -0.1) is 0 Å². The number of thiophene rings is 1. The van der Waals surface area contributed by atoms with Crippen molar-refractivity contribution in [2.45, 2.75) is 19.8 Å². The molecule has 0 aliphatic rings. The lowest BCUT2D eigenvalue weighted by molar-refractivity contribution is 0.146. The van der Waals surface area contributed by atoms with Gasteiger partial charge in [0.1, 0.15) is 11.5 Å². The monoisotopic (exact) mass is 332 g/mol. The summed E-state index contributed by atoms with van der Waals surface area (Å²) in [6, 6.07) is 3.44. The molecular formula is C15H16N4O3S. The molecule has 3 heterocycles. The smallest absolute Gasteiger partial charge is 0.449 e. The normalized spacial score (nSPS) is 10.8. The van der Waals surface area contributed by atoms with E-state index in [4.69, 9.17) is 9.84 Å². The molecule has 7 nitrogen and oxygen atoms in total. The third kappa shape index (κ3) is 3.26. The molecule has 0 spiro atoms. The van der Waals surface area contributed by atoms with Gasteiger partial charge in [0.2, 0.25) is 0 Å². The first-order chi connectivity index (χ1) is 11.2. The number of hydrogen-bond donors (Lipinski definition) is 2. The maximum Gasteiger partial charge on any atom is 0.512 e. The van der Waals surface area contributed by atoms with Crippen LogP contribution in [-0.2, 0) is 0 Å². The lowest BCUT2D eigenvalue weighted by Crippen LogP contribution is -2.04. The third-order valence-electron chi connectivity index (χ3n) is 3.26. The number of rotatable bonds is 6. The number of unbranched alkanes of at least 4 members (excludes halogenated alkanes) is 1. The second-order valence-corrected chi connectivity index (χ2v) is 5.93. The summed E-state index contributed by atoms with van der Waals surface area (Å²) in [5, 5.41) is 12.4. The lowest BCUT2D eigenvalue weighted by atomic mass is 10.3. The zero-order valence-electron chi connectivity index (χ0n) is 12.5. The van der Waals surface area contributed by atoms with Crippen LogP contribution in [0.15, 0.2) is 30.7 Å². The third-order valence-corrected chi connectivity index (χ3v) is 4.23. The van der Waals surface area contributed by atoms with E-state index in [9.17, 15) is 4.79 Å². The summed E-state index contributed by atoms with van der Waals surface area (Å²) in [5.41, 5.74) is 1.50. The summed E-state index contributed by atoms with van der Waals surface area (Å²) >= 11 is 1.24. The van der Waals surface area contributed by atoms with Crippen molar-refractivity contribution in [1.29, 1.82) is 0 Å². The van der Waals surface area contributed by atoms with Gasteiger partial charge in [-0.1, -0.05) is 24.7 Å². The van der Waals surface area contributed by atoms with Crippen molar-refractivity contribution in [2.24, 2.45) is 0 Å². The molecule has 23 heavy (non-hydrogen) atoms. The van der Waals surface area contributed by atoms with E-state index in [0.29, 0.717) is 5.06 Å². The van der Waals surface area contributed by atoms with Crippen LogP contribution in [0.1, 0.15) is 19.8 Å². The highest BCUT2D eigenvalue weighted by atomic mass is 32.1. The van der Waals surface area contributed by atoms with Gasteiger partial charge >= 0.3 is 6.16 Å². The van der Waals surface area contributed by atoms with Crippen LogP contribution in [0, 0.1) is 0 Å². The second-order valence-electron chi connectivity index (χ2n) is 4.88. The van der Waals surface area contributed by atoms with Gasteiger partial charge in [-0.2, -0.15) is 0 Å². The Bertz CT molecular complexity index is 827. The number of nitrogens with one attached hydrogen (secondary N) is 1. The van der Waals surface area contributed by atoms with Gasteiger partial charge in [0.25, 0.3) is 0 Å². The Morgan fingerprint density at radius 2 is 2.35 bits per heavy atom. The summed E-state index contributed by atoms with van der Waals surface area (Å²) in [6.07, 6.45) is 6.07. The van der Waals surface area contributed by atoms with Gasteiger partial charge in [-0.25, -0.2) is 9.78 Å². The largest absolute Gasteiger partial charge is 0.512 e. The van der Waals surface area contributed by atoms with Crippen molar-refractivity contribution < 1.29 is 14.6 Å². The van der Waals surface area contributed by atoms with Gasteiger partial charge < -0.3 is 15.2 Å². The Kier molecular flexibility index (Phi) is 4.42. The number of imidazole rings is 1. The van der Waals surface area contributed by atoms with Crippen molar-refractivity contribution in [3.63, 3.8) is 0 Å². The van der Waals surface area contributed by atoms with E-state index in [-0.39, 0.29) is 0 Å². The molecule has 0 aromatic carbocycles. The number of carboxylic acid groups (broad SMARTS) is 1. The molecule has 3 rings (SSSR count). The minimum atomic E-state index is -1.32. The van der Waals surface area contributed by atoms with Crippen LogP contribution < -0.4 is 10.1 Å². The highest BCUT2D eigenvalue weighted by molar-refractivity contribution is 7.17. The molecule has 0 aliphatic carbocycles. The molecule has 0 atom stereocenters. The van der Waals surface area contributed by atoms with Crippen molar-refractivity contribution in [2.75, 3.05) is 11.9 Å². The molecule has 0 fully saturated rings. The standard InChI is InChI=1S/C15H16N4O3S/c1-2-3-6-17-14-13(18-11-9-16-7-8-19(11)14)10-4-5-12(23-10)22-15(20)21/h4-5,7-9,17H,2-3,6H2,1H3,(H,20,21). The second kappa shape index (κ2) is 6.66. The first-order valence-corrected chi connectivity index (χ1v) is 8.07. The zero-order valence-corrected chi connectivity index (χ0v) is 13.3. The number of carbonyl (C=O) groups is 1. The minimum absolute atomic E-state index is 0.321. The summed E-state index contributed by atoms with van der Waals surface area (Å²) in [7, 11) is 0. The molecule has 0 unspecified atom stereocenters.